The molecule has 4 rings (SSSR count). The van der Waals surface area contributed by atoms with Crippen molar-refractivity contribution < 1.29 is 27.2 Å². The molecule has 2 aromatic carbocycles. The number of methoxy groups -OCH3 is 2. The van der Waals surface area contributed by atoms with Gasteiger partial charge in [-0.15, -0.1) is 0 Å². The van der Waals surface area contributed by atoms with Crippen LogP contribution < -0.4 is 26.0 Å². The minimum atomic E-state index is -2.89. The Morgan fingerprint density at radius 3 is 2.36 bits per heavy atom. The van der Waals surface area contributed by atoms with Crippen molar-refractivity contribution >= 4 is 11.8 Å². The lowest BCUT2D eigenvalue weighted by Crippen LogP contribution is -2.44. The first-order valence-electron chi connectivity index (χ1n) is 15.7. The maximum atomic E-state index is 14.0. The summed E-state index contributed by atoms with van der Waals surface area (Å²) in [5, 5.41) is 2.68. The molecule has 9 nitrogen and oxygen atoms in total. The second kappa shape index (κ2) is 11.0. The largest absolute Gasteiger partial charge is 0.493 e. The Balaban J connectivity index is 1.90. The Labute approximate surface area is 237 Å². The molecule has 1 amide bonds. The molecule has 0 fully saturated rings. The Bertz CT molecular complexity index is 1730. The number of rotatable bonds is 6. The maximum absolute atomic E-state index is 14.0. The van der Waals surface area contributed by atoms with Crippen LogP contribution in [0.1, 0.15) is 51.2 Å². The number of alkyl carbamates (subject to hydrolysis) is 1. The SMILES string of the molecule is [2H]C([2H])([2H])Oc1cc2c(cc1OC([2H])([2H])[2H])-c1cc(=Nc3c(C)cc(C)cc3C)n(CCNC(=O)OC(C)(C)C)c(=O)n1CC2. The smallest absolute Gasteiger partial charge is 0.407 e. The van der Waals surface area contributed by atoms with Crippen LogP contribution in [0.4, 0.5) is 10.5 Å². The van der Waals surface area contributed by atoms with E-state index in [-0.39, 0.29) is 31.1 Å². The molecule has 2 heterocycles. The molecule has 0 spiro atoms. The maximum Gasteiger partial charge on any atom is 0.407 e. The zero-order valence-corrected chi connectivity index (χ0v) is 23.1. The molecule has 0 aliphatic carbocycles. The Morgan fingerprint density at radius 2 is 1.72 bits per heavy atom. The van der Waals surface area contributed by atoms with E-state index in [1.165, 1.54) is 21.3 Å². The molecule has 0 unspecified atom stereocenters. The van der Waals surface area contributed by atoms with Crippen LogP contribution in [0.15, 0.2) is 40.1 Å². The van der Waals surface area contributed by atoms with Gasteiger partial charge < -0.3 is 19.5 Å². The number of nitrogens with one attached hydrogen (secondary N) is 1. The van der Waals surface area contributed by atoms with E-state index in [1.54, 1.807) is 26.8 Å². The van der Waals surface area contributed by atoms with Crippen LogP contribution in [-0.4, -0.2) is 41.4 Å². The number of carbonyl (C=O) groups is 1. The number of aryl methyl sites for hydroxylation is 4. The highest BCUT2D eigenvalue weighted by molar-refractivity contribution is 5.70. The molecular formula is C30H38N4O5. The van der Waals surface area contributed by atoms with Crippen LogP contribution in [0, 0.1) is 20.8 Å². The van der Waals surface area contributed by atoms with E-state index in [1.807, 2.05) is 32.9 Å². The summed E-state index contributed by atoms with van der Waals surface area (Å²) in [4.78, 5) is 31.2. The molecule has 0 saturated carbocycles. The predicted octanol–water partition coefficient (Wildman–Crippen LogP) is 4.57. The summed E-state index contributed by atoms with van der Waals surface area (Å²) in [7, 11) is -5.74. The molecule has 9 heteroatoms. The standard InChI is InChI=1S/C30H38N4O5/c1-18-13-19(2)27(20(3)14-18)32-26-17-23-22-16-25(38-8)24(37-7)15-21(22)9-11-33(23)29(36)34(26)12-10-31-28(35)39-30(4,5)6/h13-17H,9-12H2,1-8H3,(H,31,35)/i7D3,8D3. The summed E-state index contributed by atoms with van der Waals surface area (Å²) in [5.41, 5.74) is 4.34. The molecule has 3 aromatic rings. The highest BCUT2D eigenvalue weighted by atomic mass is 16.6. The first-order chi connectivity index (χ1) is 20.7. The lowest BCUT2D eigenvalue weighted by molar-refractivity contribution is 0.0525. The van der Waals surface area contributed by atoms with Gasteiger partial charge in [0.2, 0.25) is 0 Å². The van der Waals surface area contributed by atoms with Crippen molar-refractivity contribution in [2.75, 3.05) is 20.6 Å². The van der Waals surface area contributed by atoms with Crippen molar-refractivity contribution in [1.29, 1.82) is 0 Å². The third-order valence-electron chi connectivity index (χ3n) is 6.43. The van der Waals surface area contributed by atoms with Gasteiger partial charge in [0.15, 0.2) is 11.5 Å². The van der Waals surface area contributed by atoms with Crippen molar-refractivity contribution in [3.63, 3.8) is 0 Å². The normalized spacial score (nSPS) is 15.9. The Hall–Kier alpha value is -4.01. The second-order valence-electron chi connectivity index (χ2n) is 10.7. The van der Waals surface area contributed by atoms with Gasteiger partial charge in [0.25, 0.3) is 0 Å². The summed E-state index contributed by atoms with van der Waals surface area (Å²) in [5.74, 6) is -0.538. The van der Waals surface area contributed by atoms with Gasteiger partial charge in [0.05, 0.1) is 33.7 Å². The van der Waals surface area contributed by atoms with Gasteiger partial charge in [-0.05, 0) is 76.8 Å². The number of ether oxygens (including phenoxy) is 3. The number of aromatic nitrogens is 2. The topological polar surface area (TPSA) is 96.1 Å². The van der Waals surface area contributed by atoms with E-state index < -0.39 is 31.5 Å². The molecule has 39 heavy (non-hydrogen) atoms. The quantitative estimate of drug-likeness (QED) is 0.494. The minimum Gasteiger partial charge on any atom is -0.493 e. The fourth-order valence-electron chi connectivity index (χ4n) is 4.85. The number of benzene rings is 2. The fourth-order valence-corrected chi connectivity index (χ4v) is 4.85. The Kier molecular flexibility index (Phi) is 5.89. The summed E-state index contributed by atoms with van der Waals surface area (Å²) in [6.07, 6.45) is -0.285. The van der Waals surface area contributed by atoms with Gasteiger partial charge in [-0.3, -0.25) is 9.13 Å². The third-order valence-corrected chi connectivity index (χ3v) is 6.43. The summed E-state index contributed by atoms with van der Waals surface area (Å²) in [6, 6.07) is 8.52. The number of carbonyl (C=O) groups excluding carboxylic acids is 1. The van der Waals surface area contributed by atoms with E-state index in [2.05, 4.69) is 5.32 Å². The van der Waals surface area contributed by atoms with E-state index in [0.717, 1.165) is 16.7 Å². The average molecular weight is 541 g/mol. The van der Waals surface area contributed by atoms with Crippen molar-refractivity contribution in [3.8, 4) is 22.8 Å². The molecule has 1 aromatic heterocycles. The van der Waals surface area contributed by atoms with Crippen LogP contribution in [-0.2, 0) is 24.2 Å². The van der Waals surface area contributed by atoms with E-state index >= 15 is 0 Å². The lowest BCUT2D eigenvalue weighted by atomic mass is 9.97. The monoisotopic (exact) mass is 540 g/mol. The summed E-state index contributed by atoms with van der Waals surface area (Å²) < 4.78 is 64.0. The van der Waals surface area contributed by atoms with Gasteiger partial charge in [0, 0.05) is 31.3 Å². The fraction of sp³-hybridized carbons (Fsp3) is 0.433. The Morgan fingerprint density at radius 1 is 1.05 bits per heavy atom. The van der Waals surface area contributed by atoms with E-state index in [9.17, 15) is 9.59 Å². The number of nitrogens with zero attached hydrogens (tertiary/aromatic N) is 3. The molecular weight excluding hydrogens is 496 g/mol. The highest BCUT2D eigenvalue weighted by Gasteiger charge is 2.23. The van der Waals surface area contributed by atoms with Crippen molar-refractivity contribution in [1.82, 2.24) is 14.5 Å². The lowest BCUT2D eigenvalue weighted by Gasteiger charge is -2.25. The zero-order chi connectivity index (χ0) is 33.5. The highest BCUT2D eigenvalue weighted by Crippen LogP contribution is 2.37. The molecule has 0 saturated heterocycles. The number of hydrogen-bond donors (Lipinski definition) is 1. The molecule has 1 aliphatic rings. The zero-order valence-electron chi connectivity index (χ0n) is 29.1. The summed E-state index contributed by atoms with van der Waals surface area (Å²) in [6.45, 7) is 11.5. The molecule has 0 radical (unpaired) electrons. The molecule has 1 aliphatic heterocycles. The molecule has 208 valence electrons. The van der Waals surface area contributed by atoms with Gasteiger partial charge in [-0.25, -0.2) is 14.6 Å². The van der Waals surface area contributed by atoms with E-state index in [0.29, 0.717) is 34.4 Å². The minimum absolute atomic E-state index is 0.0888. The van der Waals surface area contributed by atoms with Crippen LogP contribution in [0.2, 0.25) is 0 Å². The van der Waals surface area contributed by atoms with Crippen LogP contribution in [0.3, 0.4) is 0 Å². The van der Waals surface area contributed by atoms with Gasteiger partial charge in [-0.2, -0.15) is 0 Å². The van der Waals surface area contributed by atoms with Crippen molar-refractivity contribution in [2.24, 2.45) is 4.99 Å². The number of amides is 1. The van der Waals surface area contributed by atoms with Crippen molar-refractivity contribution in [2.45, 2.75) is 66.7 Å². The number of fused-ring (bicyclic) bond motifs is 3. The van der Waals surface area contributed by atoms with Crippen LogP contribution in [0.25, 0.3) is 11.3 Å². The van der Waals surface area contributed by atoms with Crippen LogP contribution in [0.5, 0.6) is 11.5 Å². The van der Waals surface area contributed by atoms with Crippen LogP contribution >= 0.6 is 0 Å². The van der Waals surface area contributed by atoms with E-state index in [4.69, 9.17) is 27.4 Å². The molecule has 0 bridgehead atoms. The average Bonchev–Trinajstić information content (AvgIpc) is 2.85. The predicted molar refractivity (Wildman–Crippen MR) is 151 cm³/mol. The first kappa shape index (κ1) is 20.9. The number of hydrogen-bond acceptors (Lipinski definition) is 6. The third kappa shape index (κ3) is 6.02. The molecule has 0 atom stereocenters. The van der Waals surface area contributed by atoms with Gasteiger partial charge in [0.1, 0.15) is 11.1 Å². The van der Waals surface area contributed by atoms with Gasteiger partial charge in [-0.1, -0.05) is 17.7 Å². The second-order valence-corrected chi connectivity index (χ2v) is 10.7. The van der Waals surface area contributed by atoms with Crippen molar-refractivity contribution in [3.05, 3.63) is 68.6 Å². The summed E-state index contributed by atoms with van der Waals surface area (Å²) >= 11 is 0. The molecule has 1 N–H and O–H groups in total. The van der Waals surface area contributed by atoms with Gasteiger partial charge >= 0.3 is 11.8 Å². The first-order valence-corrected chi connectivity index (χ1v) is 12.7.